The van der Waals surface area contributed by atoms with Gasteiger partial charge in [-0.3, -0.25) is 9.69 Å². The lowest BCUT2D eigenvalue weighted by molar-refractivity contribution is -0.137. The summed E-state index contributed by atoms with van der Waals surface area (Å²) < 4.78 is 64.8. The number of nitrogens with zero attached hydrogens (tertiary/aromatic N) is 1. The molecule has 1 amide bonds. The van der Waals surface area contributed by atoms with Crippen LogP contribution in [0.4, 0.5) is 18.9 Å². The number of nitrogens with one attached hydrogen (secondary N) is 2. The summed E-state index contributed by atoms with van der Waals surface area (Å²) >= 11 is 0. The highest BCUT2D eigenvalue weighted by atomic mass is 32.2. The van der Waals surface area contributed by atoms with Crippen molar-refractivity contribution in [1.82, 2.24) is 9.62 Å². The summed E-state index contributed by atoms with van der Waals surface area (Å²) in [6.45, 7) is 5.39. The highest BCUT2D eigenvalue weighted by Crippen LogP contribution is 2.29. The fourth-order valence-electron chi connectivity index (χ4n) is 2.77. The Balaban J connectivity index is 1.98. The van der Waals surface area contributed by atoms with Crippen LogP contribution in [-0.2, 0) is 27.5 Å². The second-order valence-electron chi connectivity index (χ2n) is 7.58. The van der Waals surface area contributed by atoms with E-state index in [2.05, 4.69) is 10.0 Å². The number of sulfonamides is 1. The zero-order chi connectivity index (χ0) is 23.4. The first-order valence-corrected chi connectivity index (χ1v) is 11.1. The van der Waals surface area contributed by atoms with Crippen molar-refractivity contribution in [2.75, 3.05) is 12.4 Å². The van der Waals surface area contributed by atoms with Crippen LogP contribution in [-0.4, -0.2) is 38.4 Å². The molecular formula is C21H26F3N3O3S. The van der Waals surface area contributed by atoms with Crippen LogP contribution in [0.1, 0.15) is 31.9 Å². The molecule has 2 rings (SSSR count). The van der Waals surface area contributed by atoms with E-state index in [0.29, 0.717) is 11.3 Å². The average Bonchev–Trinajstić information content (AvgIpc) is 2.66. The van der Waals surface area contributed by atoms with E-state index in [1.807, 2.05) is 0 Å². The Labute approximate surface area is 180 Å². The topological polar surface area (TPSA) is 78.5 Å². The van der Waals surface area contributed by atoms with Crippen LogP contribution in [0.2, 0.25) is 0 Å². The number of alkyl halides is 3. The molecule has 0 aliphatic rings. The van der Waals surface area contributed by atoms with Crippen molar-refractivity contribution < 1.29 is 26.4 Å². The van der Waals surface area contributed by atoms with Gasteiger partial charge in [0, 0.05) is 18.3 Å². The predicted molar refractivity (Wildman–Crippen MR) is 113 cm³/mol. The fourth-order valence-corrected chi connectivity index (χ4v) is 4.02. The molecule has 2 N–H and O–H groups in total. The van der Waals surface area contributed by atoms with Crippen molar-refractivity contribution in [2.24, 2.45) is 0 Å². The molecule has 1 atom stereocenters. The summed E-state index contributed by atoms with van der Waals surface area (Å²) in [4.78, 5) is 14.3. The zero-order valence-electron chi connectivity index (χ0n) is 17.7. The van der Waals surface area contributed by atoms with Gasteiger partial charge in [0.2, 0.25) is 15.9 Å². The Hall–Kier alpha value is -2.43. The van der Waals surface area contributed by atoms with Crippen molar-refractivity contribution in [1.29, 1.82) is 0 Å². The summed E-state index contributed by atoms with van der Waals surface area (Å²) in [6, 6.07) is 9.76. The number of carbonyl (C=O) groups is 1. The molecule has 0 spiro atoms. The van der Waals surface area contributed by atoms with E-state index in [0.717, 1.165) is 12.1 Å². The summed E-state index contributed by atoms with van der Waals surface area (Å²) in [5.41, 5.74) is 0.351. The molecule has 10 heteroatoms. The number of halogens is 3. The zero-order valence-corrected chi connectivity index (χ0v) is 18.5. The molecule has 0 heterocycles. The van der Waals surface area contributed by atoms with Gasteiger partial charge in [0.15, 0.2) is 0 Å². The highest BCUT2D eigenvalue weighted by molar-refractivity contribution is 7.89. The minimum atomic E-state index is -4.39. The van der Waals surface area contributed by atoms with Gasteiger partial charge >= 0.3 is 6.18 Å². The van der Waals surface area contributed by atoms with E-state index in [1.54, 1.807) is 32.7 Å². The predicted octanol–water partition coefficient (Wildman–Crippen LogP) is 3.85. The molecule has 0 saturated carbocycles. The lowest BCUT2D eigenvalue weighted by Crippen LogP contribution is -2.39. The third-order valence-corrected chi connectivity index (χ3v) is 6.25. The van der Waals surface area contributed by atoms with E-state index < -0.39 is 27.8 Å². The first-order valence-electron chi connectivity index (χ1n) is 9.59. The number of hydrogen-bond donors (Lipinski definition) is 2. The molecule has 0 fully saturated rings. The summed E-state index contributed by atoms with van der Waals surface area (Å²) in [6.07, 6.45) is -4.39. The SMILES string of the molecule is CC(C)NS(=O)(=O)c1ccc(NC(=O)[C@H](C)N(C)Cc2ccc(C(F)(F)F)cc2)cc1. The molecule has 31 heavy (non-hydrogen) atoms. The Bertz CT molecular complexity index is 989. The average molecular weight is 458 g/mol. The number of carbonyl (C=O) groups excluding carboxylic acids is 1. The molecule has 0 bridgehead atoms. The van der Waals surface area contributed by atoms with E-state index in [1.165, 1.54) is 36.4 Å². The van der Waals surface area contributed by atoms with Crippen LogP contribution in [0, 0.1) is 0 Å². The molecule has 0 unspecified atom stereocenters. The summed E-state index contributed by atoms with van der Waals surface area (Å²) in [7, 11) is -1.93. The maximum atomic E-state index is 12.7. The first-order chi connectivity index (χ1) is 14.3. The van der Waals surface area contributed by atoms with Gasteiger partial charge in [0.25, 0.3) is 0 Å². The summed E-state index contributed by atoms with van der Waals surface area (Å²) in [5.74, 6) is -0.328. The standard InChI is InChI=1S/C21H26F3N3O3S/c1-14(2)26-31(29,30)19-11-9-18(10-12-19)25-20(28)15(3)27(4)13-16-5-7-17(8-6-16)21(22,23)24/h5-12,14-15,26H,13H2,1-4H3,(H,25,28)/t15-/m0/s1. The van der Waals surface area contributed by atoms with Crippen molar-refractivity contribution in [3.05, 3.63) is 59.7 Å². The second-order valence-corrected chi connectivity index (χ2v) is 9.29. The van der Waals surface area contributed by atoms with E-state index >= 15 is 0 Å². The van der Waals surface area contributed by atoms with Gasteiger partial charge in [-0.2, -0.15) is 13.2 Å². The van der Waals surface area contributed by atoms with Gasteiger partial charge in [-0.1, -0.05) is 12.1 Å². The van der Waals surface area contributed by atoms with Gasteiger partial charge in [0.1, 0.15) is 0 Å². The van der Waals surface area contributed by atoms with Crippen LogP contribution in [0.15, 0.2) is 53.4 Å². The van der Waals surface area contributed by atoms with Crippen molar-refractivity contribution in [3.8, 4) is 0 Å². The maximum absolute atomic E-state index is 12.7. The van der Waals surface area contributed by atoms with E-state index in [9.17, 15) is 26.4 Å². The van der Waals surface area contributed by atoms with Crippen molar-refractivity contribution >= 4 is 21.6 Å². The largest absolute Gasteiger partial charge is 0.416 e. The van der Waals surface area contributed by atoms with Crippen LogP contribution in [0.25, 0.3) is 0 Å². The number of rotatable bonds is 8. The number of hydrogen-bond acceptors (Lipinski definition) is 4. The minimum absolute atomic E-state index is 0.0895. The van der Waals surface area contributed by atoms with Crippen molar-refractivity contribution in [2.45, 2.75) is 50.5 Å². The van der Waals surface area contributed by atoms with E-state index in [-0.39, 0.29) is 23.4 Å². The highest BCUT2D eigenvalue weighted by Gasteiger charge is 2.30. The number of amides is 1. The molecule has 170 valence electrons. The smallest absolute Gasteiger partial charge is 0.325 e. The monoisotopic (exact) mass is 457 g/mol. The first kappa shape index (κ1) is 24.8. The Kier molecular flexibility index (Phi) is 7.85. The molecule has 2 aromatic carbocycles. The fraction of sp³-hybridized carbons (Fsp3) is 0.381. The van der Waals surface area contributed by atoms with Gasteiger partial charge in [-0.25, -0.2) is 13.1 Å². The molecule has 0 aliphatic heterocycles. The number of anilines is 1. The second kappa shape index (κ2) is 9.80. The van der Waals surface area contributed by atoms with Gasteiger partial charge in [0.05, 0.1) is 16.5 Å². The molecule has 6 nitrogen and oxygen atoms in total. The molecule has 0 saturated heterocycles. The quantitative estimate of drug-likeness (QED) is 0.631. The maximum Gasteiger partial charge on any atom is 0.416 e. The minimum Gasteiger partial charge on any atom is -0.325 e. The van der Waals surface area contributed by atoms with Crippen LogP contribution < -0.4 is 10.0 Å². The van der Waals surface area contributed by atoms with E-state index in [4.69, 9.17) is 0 Å². The summed E-state index contributed by atoms with van der Waals surface area (Å²) in [5, 5.41) is 2.71. The number of likely N-dealkylation sites (N-methyl/N-ethyl adjacent to an activating group) is 1. The molecule has 0 aliphatic carbocycles. The third-order valence-electron chi connectivity index (χ3n) is 4.58. The van der Waals surface area contributed by atoms with Crippen molar-refractivity contribution in [3.63, 3.8) is 0 Å². The molecular weight excluding hydrogens is 431 g/mol. The van der Waals surface area contributed by atoms with Crippen LogP contribution in [0.3, 0.4) is 0 Å². The normalized spacial score (nSPS) is 13.5. The number of benzene rings is 2. The third kappa shape index (κ3) is 7.05. The van der Waals surface area contributed by atoms with Gasteiger partial charge in [-0.15, -0.1) is 0 Å². The Morgan fingerprint density at radius 2 is 1.55 bits per heavy atom. The molecule has 2 aromatic rings. The Morgan fingerprint density at radius 1 is 1.00 bits per heavy atom. The lowest BCUT2D eigenvalue weighted by atomic mass is 10.1. The van der Waals surface area contributed by atoms with Crippen LogP contribution >= 0.6 is 0 Å². The Morgan fingerprint density at radius 3 is 2.03 bits per heavy atom. The van der Waals surface area contributed by atoms with Gasteiger partial charge < -0.3 is 5.32 Å². The molecule has 0 aromatic heterocycles. The van der Waals surface area contributed by atoms with Crippen LogP contribution in [0.5, 0.6) is 0 Å². The van der Waals surface area contributed by atoms with Gasteiger partial charge in [-0.05, 0) is 69.8 Å². The lowest BCUT2D eigenvalue weighted by Gasteiger charge is -2.24. The molecule has 0 radical (unpaired) electrons.